The largest absolute Gasteiger partial charge is 0.464 e. The number of carbonyl (C=O) groups excluding carboxylic acids is 2. The van der Waals surface area contributed by atoms with E-state index < -0.39 is 6.04 Å². The standard InChI is InChI=1S/C12H17NO3/c1-2-16-12(15)10-11(14)7-5-8-3-4-9(6-7)13(8)10/h7-10H,2-6H2,1H3. The molecule has 0 saturated carbocycles. The maximum atomic E-state index is 12.1. The van der Waals surface area contributed by atoms with Gasteiger partial charge in [-0.05, 0) is 32.6 Å². The summed E-state index contributed by atoms with van der Waals surface area (Å²) < 4.78 is 5.03. The lowest BCUT2D eigenvalue weighted by molar-refractivity contribution is -0.164. The predicted molar refractivity (Wildman–Crippen MR) is 56.8 cm³/mol. The summed E-state index contributed by atoms with van der Waals surface area (Å²) in [5.74, 6) is -0.0986. The molecule has 3 unspecified atom stereocenters. The van der Waals surface area contributed by atoms with Crippen LogP contribution >= 0.6 is 0 Å². The molecule has 4 heterocycles. The lowest BCUT2D eigenvalue weighted by Crippen LogP contribution is -2.63. The first kappa shape index (κ1) is 10.3. The number of rotatable bonds is 2. The smallest absolute Gasteiger partial charge is 0.331 e. The fourth-order valence-corrected chi connectivity index (χ4v) is 3.70. The summed E-state index contributed by atoms with van der Waals surface area (Å²) in [7, 11) is 0. The first-order chi connectivity index (χ1) is 7.72. The van der Waals surface area contributed by atoms with E-state index >= 15 is 0 Å². The fourth-order valence-electron chi connectivity index (χ4n) is 3.70. The van der Waals surface area contributed by atoms with E-state index in [1.807, 2.05) is 0 Å². The summed E-state index contributed by atoms with van der Waals surface area (Å²) in [6.45, 7) is 2.14. The van der Waals surface area contributed by atoms with Gasteiger partial charge in [0.1, 0.15) is 0 Å². The van der Waals surface area contributed by atoms with Crippen LogP contribution in [0.15, 0.2) is 0 Å². The Bertz CT molecular complexity index is 327. The van der Waals surface area contributed by atoms with Crippen molar-refractivity contribution in [3.05, 3.63) is 0 Å². The van der Waals surface area contributed by atoms with E-state index in [1.165, 1.54) is 0 Å². The zero-order chi connectivity index (χ0) is 11.3. The zero-order valence-corrected chi connectivity index (χ0v) is 9.52. The van der Waals surface area contributed by atoms with E-state index in [9.17, 15) is 9.59 Å². The molecule has 4 bridgehead atoms. The second-order valence-corrected chi connectivity index (χ2v) is 5.06. The van der Waals surface area contributed by atoms with Crippen LogP contribution in [0.5, 0.6) is 0 Å². The Morgan fingerprint density at radius 2 is 2.00 bits per heavy atom. The van der Waals surface area contributed by atoms with Gasteiger partial charge >= 0.3 is 5.97 Å². The second-order valence-electron chi connectivity index (χ2n) is 5.06. The van der Waals surface area contributed by atoms with Crippen molar-refractivity contribution in [2.75, 3.05) is 6.61 Å². The van der Waals surface area contributed by atoms with Gasteiger partial charge in [-0.1, -0.05) is 0 Å². The van der Waals surface area contributed by atoms with Crippen LogP contribution in [0.1, 0.15) is 32.6 Å². The molecule has 0 amide bonds. The molecule has 4 aliphatic rings. The van der Waals surface area contributed by atoms with Crippen LogP contribution < -0.4 is 0 Å². The molecular formula is C12H17NO3. The molecule has 4 heteroatoms. The Hall–Kier alpha value is -0.900. The minimum Gasteiger partial charge on any atom is -0.464 e. The molecule has 0 radical (unpaired) electrons. The summed E-state index contributed by atoms with van der Waals surface area (Å²) in [5.41, 5.74) is 0. The lowest BCUT2D eigenvalue weighted by Gasteiger charge is -2.48. The molecule has 4 nitrogen and oxygen atoms in total. The monoisotopic (exact) mass is 223 g/mol. The summed E-state index contributed by atoms with van der Waals surface area (Å²) in [6, 6.07) is 0.330. The van der Waals surface area contributed by atoms with Crippen molar-refractivity contribution in [3.63, 3.8) is 0 Å². The lowest BCUT2D eigenvalue weighted by atomic mass is 9.77. The van der Waals surface area contributed by atoms with E-state index in [4.69, 9.17) is 4.74 Å². The minimum atomic E-state index is -0.579. The van der Waals surface area contributed by atoms with E-state index in [0.717, 1.165) is 25.7 Å². The van der Waals surface area contributed by atoms with Crippen molar-refractivity contribution in [1.29, 1.82) is 0 Å². The Labute approximate surface area is 94.9 Å². The van der Waals surface area contributed by atoms with Gasteiger partial charge in [0.25, 0.3) is 0 Å². The van der Waals surface area contributed by atoms with Gasteiger partial charge in [-0.15, -0.1) is 0 Å². The minimum absolute atomic E-state index is 0.104. The van der Waals surface area contributed by atoms with Gasteiger partial charge in [0.2, 0.25) is 0 Å². The first-order valence-corrected chi connectivity index (χ1v) is 6.20. The first-order valence-electron chi connectivity index (χ1n) is 6.20. The van der Waals surface area contributed by atoms with Crippen molar-refractivity contribution in [3.8, 4) is 0 Å². The number of nitrogens with zero attached hydrogens (tertiary/aromatic N) is 1. The highest BCUT2D eigenvalue weighted by atomic mass is 16.5. The van der Waals surface area contributed by atoms with Crippen LogP contribution in [-0.2, 0) is 14.3 Å². The van der Waals surface area contributed by atoms with Gasteiger partial charge < -0.3 is 4.74 Å². The number of fused-ring (bicyclic) bond motifs is 1. The molecule has 4 fully saturated rings. The Kier molecular flexibility index (Phi) is 2.28. The molecule has 0 spiro atoms. The fraction of sp³-hybridized carbons (Fsp3) is 0.833. The topological polar surface area (TPSA) is 46.6 Å². The molecule has 4 saturated heterocycles. The van der Waals surface area contributed by atoms with Crippen molar-refractivity contribution < 1.29 is 14.3 Å². The van der Waals surface area contributed by atoms with E-state index in [0.29, 0.717) is 18.7 Å². The Morgan fingerprint density at radius 1 is 1.38 bits per heavy atom. The molecule has 0 aromatic rings. The van der Waals surface area contributed by atoms with Gasteiger partial charge in [-0.25, -0.2) is 4.79 Å². The van der Waals surface area contributed by atoms with Gasteiger partial charge in [-0.2, -0.15) is 0 Å². The summed E-state index contributed by atoms with van der Waals surface area (Å²) in [5, 5.41) is 0. The molecule has 88 valence electrons. The number of ether oxygens (including phenoxy) is 1. The quantitative estimate of drug-likeness (QED) is 0.512. The third kappa shape index (κ3) is 1.25. The molecular weight excluding hydrogens is 206 g/mol. The molecule has 4 aliphatic heterocycles. The Balaban J connectivity index is 1.88. The van der Waals surface area contributed by atoms with Crippen molar-refractivity contribution >= 4 is 11.8 Å². The number of Topliss-reactive ketones (excluding diaryl/α,β-unsaturated/α-hetero) is 1. The van der Waals surface area contributed by atoms with Gasteiger partial charge in [0.15, 0.2) is 11.8 Å². The molecule has 16 heavy (non-hydrogen) atoms. The van der Waals surface area contributed by atoms with Crippen LogP contribution in [0.4, 0.5) is 0 Å². The third-order valence-corrected chi connectivity index (χ3v) is 4.27. The number of esters is 1. The maximum Gasteiger partial charge on any atom is 0.331 e. The predicted octanol–water partition coefficient (Wildman–Crippen LogP) is 0.744. The van der Waals surface area contributed by atoms with Crippen LogP contribution in [0.3, 0.4) is 0 Å². The zero-order valence-electron chi connectivity index (χ0n) is 9.52. The van der Waals surface area contributed by atoms with Crippen LogP contribution in [-0.4, -0.2) is 41.4 Å². The maximum absolute atomic E-state index is 12.1. The van der Waals surface area contributed by atoms with Crippen LogP contribution in [0.2, 0.25) is 0 Å². The highest BCUT2D eigenvalue weighted by Gasteiger charge is 2.56. The van der Waals surface area contributed by atoms with Crippen molar-refractivity contribution in [2.45, 2.75) is 50.7 Å². The van der Waals surface area contributed by atoms with Gasteiger partial charge in [0, 0.05) is 18.0 Å². The van der Waals surface area contributed by atoms with Crippen LogP contribution in [0.25, 0.3) is 0 Å². The average Bonchev–Trinajstić information content (AvgIpc) is 2.55. The molecule has 0 aromatic heterocycles. The number of piperidine rings is 3. The number of carbonyl (C=O) groups is 2. The normalized spacial score (nSPS) is 44.8. The van der Waals surface area contributed by atoms with Crippen molar-refractivity contribution in [1.82, 2.24) is 4.90 Å². The van der Waals surface area contributed by atoms with E-state index in [1.54, 1.807) is 6.92 Å². The summed E-state index contributed by atoms with van der Waals surface area (Å²) in [4.78, 5) is 26.1. The van der Waals surface area contributed by atoms with Gasteiger partial charge in [0.05, 0.1) is 6.61 Å². The highest BCUT2D eigenvalue weighted by molar-refractivity contribution is 6.05. The Morgan fingerprint density at radius 3 is 2.56 bits per heavy atom. The number of ketones is 1. The van der Waals surface area contributed by atoms with Crippen LogP contribution in [0, 0.1) is 5.92 Å². The number of hydrogen-bond acceptors (Lipinski definition) is 4. The highest BCUT2D eigenvalue weighted by Crippen LogP contribution is 2.45. The summed E-state index contributed by atoms with van der Waals surface area (Å²) >= 11 is 0. The third-order valence-electron chi connectivity index (χ3n) is 4.27. The summed E-state index contributed by atoms with van der Waals surface area (Å²) in [6.07, 6.45) is 4.21. The van der Waals surface area contributed by atoms with E-state index in [-0.39, 0.29) is 17.7 Å². The SMILES string of the molecule is CCOC(=O)C1C(=O)C2CC3CCC(C2)N31. The average molecular weight is 223 g/mol. The molecule has 3 atom stereocenters. The number of hydrogen-bond donors (Lipinski definition) is 0. The molecule has 0 N–H and O–H groups in total. The van der Waals surface area contributed by atoms with E-state index in [2.05, 4.69) is 4.90 Å². The molecule has 0 aliphatic carbocycles. The second kappa shape index (κ2) is 3.55. The van der Waals surface area contributed by atoms with Gasteiger partial charge in [-0.3, -0.25) is 9.69 Å². The molecule has 4 rings (SSSR count). The van der Waals surface area contributed by atoms with Crippen molar-refractivity contribution in [2.24, 2.45) is 5.92 Å². The molecule has 0 aromatic carbocycles.